The van der Waals surface area contributed by atoms with Crippen molar-refractivity contribution in [3.63, 3.8) is 0 Å². The van der Waals surface area contributed by atoms with E-state index in [2.05, 4.69) is 5.16 Å². The number of nitrogens with zero attached hydrogens (tertiary/aromatic N) is 1. The second kappa shape index (κ2) is 7.35. The zero-order chi connectivity index (χ0) is 16.8. The van der Waals surface area contributed by atoms with Crippen LogP contribution >= 0.6 is 0 Å². The Morgan fingerprint density at radius 1 is 1.17 bits per heavy atom. The molecule has 0 aliphatic heterocycles. The van der Waals surface area contributed by atoms with Gasteiger partial charge in [0, 0.05) is 0 Å². The minimum absolute atomic E-state index is 0.0539. The molecule has 2 aromatic rings. The molecule has 1 N–H and O–H groups in total. The molecule has 1 aromatic heterocycles. The molecule has 2 rings (SSSR count). The fourth-order valence-electron chi connectivity index (χ4n) is 1.88. The van der Waals surface area contributed by atoms with Crippen LogP contribution in [0.1, 0.15) is 39.1 Å². The van der Waals surface area contributed by atoms with Crippen molar-refractivity contribution >= 4 is 17.7 Å². The van der Waals surface area contributed by atoms with E-state index >= 15 is 0 Å². The minimum Gasteiger partial charge on any atom is -0.462 e. The highest BCUT2D eigenvalue weighted by atomic mass is 16.5. The van der Waals surface area contributed by atoms with E-state index in [4.69, 9.17) is 19.4 Å². The van der Waals surface area contributed by atoms with Gasteiger partial charge in [0.25, 0.3) is 0 Å². The van der Waals surface area contributed by atoms with E-state index < -0.39 is 11.9 Å². The first-order chi connectivity index (χ1) is 11.0. The number of carbonyl (C=O) groups is 2. The number of esters is 2. The second-order valence-corrected chi connectivity index (χ2v) is 4.61. The lowest BCUT2D eigenvalue weighted by Gasteiger charge is -2.06. The van der Waals surface area contributed by atoms with Gasteiger partial charge in [-0.2, -0.15) is 0 Å². The first kappa shape index (κ1) is 16.4. The van der Waals surface area contributed by atoms with Crippen molar-refractivity contribution < 1.29 is 23.6 Å². The Morgan fingerprint density at radius 2 is 1.87 bits per heavy atom. The molecule has 120 valence electrons. The first-order valence-electron chi connectivity index (χ1n) is 6.98. The standard InChI is InChI=1S/C16H16N2O5/c1-3-21-16(20)13-10(2)18-23-14(13)12(17)9-22-15(19)11-7-5-4-6-8-11/h4-8,17H,3,9H2,1-2H3. The Hall–Kier alpha value is -2.96. The monoisotopic (exact) mass is 316 g/mol. The normalized spacial score (nSPS) is 10.2. The molecular formula is C16H16N2O5. The molecular weight excluding hydrogens is 300 g/mol. The second-order valence-electron chi connectivity index (χ2n) is 4.61. The zero-order valence-electron chi connectivity index (χ0n) is 12.8. The summed E-state index contributed by atoms with van der Waals surface area (Å²) in [5, 5.41) is 11.6. The molecule has 0 amide bonds. The summed E-state index contributed by atoms with van der Waals surface area (Å²) in [5.41, 5.74) is 0.600. The summed E-state index contributed by atoms with van der Waals surface area (Å²) >= 11 is 0. The van der Waals surface area contributed by atoms with Crippen molar-refractivity contribution in [3.05, 3.63) is 52.9 Å². The van der Waals surface area contributed by atoms with Crippen molar-refractivity contribution in [3.8, 4) is 0 Å². The van der Waals surface area contributed by atoms with Gasteiger partial charge in [-0.3, -0.25) is 5.41 Å². The number of aromatic nitrogens is 1. The number of hydrogen-bond acceptors (Lipinski definition) is 7. The van der Waals surface area contributed by atoms with E-state index in [-0.39, 0.29) is 30.2 Å². The summed E-state index contributed by atoms with van der Waals surface area (Å²) in [4.78, 5) is 23.7. The number of hydrogen-bond donors (Lipinski definition) is 1. The van der Waals surface area contributed by atoms with Gasteiger partial charge in [0.1, 0.15) is 17.9 Å². The van der Waals surface area contributed by atoms with E-state index in [1.54, 1.807) is 44.2 Å². The molecule has 1 heterocycles. The van der Waals surface area contributed by atoms with E-state index in [1.807, 2.05) is 0 Å². The van der Waals surface area contributed by atoms with Crippen LogP contribution in [0.4, 0.5) is 0 Å². The van der Waals surface area contributed by atoms with Crippen molar-refractivity contribution in [2.75, 3.05) is 13.2 Å². The maximum absolute atomic E-state index is 11.9. The lowest BCUT2D eigenvalue weighted by molar-refractivity contribution is 0.0524. The highest BCUT2D eigenvalue weighted by molar-refractivity contribution is 6.07. The Kier molecular flexibility index (Phi) is 5.24. The summed E-state index contributed by atoms with van der Waals surface area (Å²) in [7, 11) is 0. The van der Waals surface area contributed by atoms with Crippen LogP contribution in [0.5, 0.6) is 0 Å². The van der Waals surface area contributed by atoms with Gasteiger partial charge >= 0.3 is 11.9 Å². The number of rotatable bonds is 6. The molecule has 0 bridgehead atoms. The predicted octanol–water partition coefficient (Wildman–Crippen LogP) is 2.38. The smallest absolute Gasteiger partial charge is 0.344 e. The molecule has 0 aliphatic rings. The highest BCUT2D eigenvalue weighted by Gasteiger charge is 2.25. The summed E-state index contributed by atoms with van der Waals surface area (Å²) in [6, 6.07) is 8.41. The maximum Gasteiger partial charge on any atom is 0.344 e. The lowest BCUT2D eigenvalue weighted by Crippen LogP contribution is -2.17. The van der Waals surface area contributed by atoms with Gasteiger partial charge < -0.3 is 14.0 Å². The van der Waals surface area contributed by atoms with Crippen LogP contribution in [-0.4, -0.2) is 36.0 Å². The number of nitrogens with one attached hydrogen (secondary N) is 1. The van der Waals surface area contributed by atoms with Crippen LogP contribution in [0.25, 0.3) is 0 Å². The summed E-state index contributed by atoms with van der Waals surface area (Å²) in [5.74, 6) is -1.24. The van der Waals surface area contributed by atoms with Crippen LogP contribution in [-0.2, 0) is 9.47 Å². The fourth-order valence-corrected chi connectivity index (χ4v) is 1.88. The molecule has 0 saturated carbocycles. The lowest BCUT2D eigenvalue weighted by atomic mass is 10.1. The topological polar surface area (TPSA) is 102 Å². The third-order valence-electron chi connectivity index (χ3n) is 2.97. The van der Waals surface area contributed by atoms with Gasteiger partial charge in [-0.05, 0) is 26.0 Å². The molecule has 0 aliphatic carbocycles. The molecule has 0 radical (unpaired) electrons. The molecule has 7 nitrogen and oxygen atoms in total. The maximum atomic E-state index is 11.9. The fraction of sp³-hybridized carbons (Fsp3) is 0.250. The van der Waals surface area contributed by atoms with E-state index in [0.717, 1.165) is 0 Å². The molecule has 0 spiro atoms. The Morgan fingerprint density at radius 3 is 2.52 bits per heavy atom. The summed E-state index contributed by atoms with van der Waals surface area (Å²) in [6.07, 6.45) is 0. The van der Waals surface area contributed by atoms with Crippen molar-refractivity contribution in [1.82, 2.24) is 5.16 Å². The summed E-state index contributed by atoms with van der Waals surface area (Å²) in [6.45, 7) is 3.10. The van der Waals surface area contributed by atoms with Gasteiger partial charge in [-0.25, -0.2) is 9.59 Å². The van der Waals surface area contributed by atoms with Crippen LogP contribution in [0.2, 0.25) is 0 Å². The molecule has 0 saturated heterocycles. The zero-order valence-corrected chi connectivity index (χ0v) is 12.8. The van der Waals surface area contributed by atoms with Crippen LogP contribution in [0.3, 0.4) is 0 Å². The molecule has 0 atom stereocenters. The van der Waals surface area contributed by atoms with E-state index in [9.17, 15) is 9.59 Å². The van der Waals surface area contributed by atoms with E-state index in [1.165, 1.54) is 0 Å². The SMILES string of the molecule is CCOC(=O)c1c(C)noc1C(=N)COC(=O)c1ccccc1. The van der Waals surface area contributed by atoms with Gasteiger partial charge in [0.05, 0.1) is 17.9 Å². The predicted molar refractivity (Wildman–Crippen MR) is 80.7 cm³/mol. The van der Waals surface area contributed by atoms with Crippen LogP contribution in [0.15, 0.2) is 34.9 Å². The Bertz CT molecular complexity index is 721. The van der Waals surface area contributed by atoms with Gasteiger partial charge in [0.15, 0.2) is 5.76 Å². The highest BCUT2D eigenvalue weighted by Crippen LogP contribution is 2.16. The van der Waals surface area contributed by atoms with Gasteiger partial charge in [-0.1, -0.05) is 23.4 Å². The molecule has 1 aromatic carbocycles. The Labute approximate surface area is 132 Å². The summed E-state index contributed by atoms with van der Waals surface area (Å²) < 4.78 is 15.0. The molecule has 7 heteroatoms. The van der Waals surface area contributed by atoms with Crippen molar-refractivity contribution in [2.45, 2.75) is 13.8 Å². The first-order valence-corrected chi connectivity index (χ1v) is 6.98. The van der Waals surface area contributed by atoms with Crippen molar-refractivity contribution in [2.24, 2.45) is 0 Å². The molecule has 0 unspecified atom stereocenters. The number of carbonyl (C=O) groups excluding carboxylic acids is 2. The average molecular weight is 316 g/mol. The minimum atomic E-state index is -0.625. The average Bonchev–Trinajstić information content (AvgIpc) is 2.95. The quantitative estimate of drug-likeness (QED) is 0.648. The molecule has 23 heavy (non-hydrogen) atoms. The van der Waals surface area contributed by atoms with Crippen molar-refractivity contribution in [1.29, 1.82) is 5.41 Å². The molecule has 0 fully saturated rings. The van der Waals surface area contributed by atoms with Gasteiger partial charge in [-0.15, -0.1) is 0 Å². The van der Waals surface area contributed by atoms with Gasteiger partial charge in [0.2, 0.25) is 0 Å². The largest absolute Gasteiger partial charge is 0.462 e. The van der Waals surface area contributed by atoms with Crippen LogP contribution < -0.4 is 0 Å². The third-order valence-corrected chi connectivity index (χ3v) is 2.97. The third kappa shape index (κ3) is 3.82. The van der Waals surface area contributed by atoms with E-state index in [0.29, 0.717) is 11.3 Å². The number of ether oxygens (including phenoxy) is 2. The van der Waals surface area contributed by atoms with Crippen LogP contribution in [0, 0.1) is 12.3 Å². The number of aryl methyl sites for hydroxylation is 1. The number of benzene rings is 1. The Balaban J connectivity index is 2.07.